The molecule has 2 amide bonds. The Morgan fingerprint density at radius 3 is 2.13 bits per heavy atom. The summed E-state index contributed by atoms with van der Waals surface area (Å²) in [5.41, 5.74) is 1.43. The van der Waals surface area contributed by atoms with Crippen molar-refractivity contribution in [2.24, 2.45) is 0 Å². The van der Waals surface area contributed by atoms with Crippen molar-refractivity contribution in [1.82, 2.24) is 9.97 Å². The quantitative estimate of drug-likeness (QED) is 0.680. The molecule has 0 unspecified atom stereocenters. The van der Waals surface area contributed by atoms with E-state index in [1.54, 1.807) is 24.3 Å². The molecular weight excluding hydrogens is 422 g/mol. The van der Waals surface area contributed by atoms with E-state index in [2.05, 4.69) is 24.8 Å². The van der Waals surface area contributed by atoms with Crippen LogP contribution in [-0.4, -0.2) is 48.6 Å². The summed E-state index contributed by atoms with van der Waals surface area (Å²) >= 11 is 0. The lowest BCUT2D eigenvalue weighted by Crippen LogP contribution is -2.31. The Bertz CT molecular complexity index is 835. The molecule has 1 aromatic carbocycles. The Kier molecular flexibility index (Phi) is 6.95. The van der Waals surface area contributed by atoms with Gasteiger partial charge in [0.1, 0.15) is 5.82 Å². The smallest absolute Gasteiger partial charge is 0.422 e. The summed E-state index contributed by atoms with van der Waals surface area (Å²) in [6.07, 6.45) is -9.45. The van der Waals surface area contributed by atoms with Crippen LogP contribution in [0.3, 0.4) is 0 Å². The molecule has 0 aliphatic carbocycles. The fraction of sp³-hybridized carbons (Fsp3) is 0.353. The molecule has 0 fully saturated rings. The lowest BCUT2D eigenvalue weighted by Gasteiger charge is -2.18. The third kappa shape index (κ3) is 7.64. The molecule has 0 aliphatic rings. The Labute approximate surface area is 166 Å². The van der Waals surface area contributed by atoms with Gasteiger partial charge in [-0.2, -0.15) is 36.3 Å². The van der Waals surface area contributed by atoms with Gasteiger partial charge in [0, 0.05) is 18.8 Å². The van der Waals surface area contributed by atoms with Gasteiger partial charge in [-0.3, -0.25) is 10.2 Å². The highest BCUT2D eigenvalue weighted by Crippen LogP contribution is 2.23. The number of carbonyl (C=O) groups is 1. The van der Waals surface area contributed by atoms with Crippen molar-refractivity contribution in [3.63, 3.8) is 0 Å². The number of amides is 2. The standard InChI is InChI=1S/C17H16F6N4O3/c1-10-3-5-11(6-4-10)27(2)15(28)25-12-7-13(29-8-16(18,19)20)26-14(24-12)30-9-17(21,22)23/h3-7H,8-9H2,1-2H3,(H,24,25,26,28). The first-order valence-corrected chi connectivity index (χ1v) is 8.22. The van der Waals surface area contributed by atoms with Gasteiger partial charge in [0.15, 0.2) is 13.2 Å². The largest absolute Gasteiger partial charge is 0.468 e. The van der Waals surface area contributed by atoms with Crippen LogP contribution in [0.5, 0.6) is 11.9 Å². The van der Waals surface area contributed by atoms with Crippen LogP contribution >= 0.6 is 0 Å². The average molecular weight is 438 g/mol. The Hall–Kier alpha value is -3.25. The number of alkyl halides is 6. The molecule has 0 aliphatic heterocycles. The summed E-state index contributed by atoms with van der Waals surface area (Å²) < 4.78 is 82.9. The van der Waals surface area contributed by atoms with Crippen LogP contribution in [0.4, 0.5) is 42.6 Å². The van der Waals surface area contributed by atoms with Crippen molar-refractivity contribution in [2.45, 2.75) is 19.3 Å². The maximum absolute atomic E-state index is 12.4. The second-order valence-corrected chi connectivity index (χ2v) is 6.01. The third-order valence-corrected chi connectivity index (χ3v) is 3.39. The van der Waals surface area contributed by atoms with E-state index in [4.69, 9.17) is 0 Å². The molecule has 0 spiro atoms. The average Bonchev–Trinajstić information content (AvgIpc) is 2.63. The van der Waals surface area contributed by atoms with Crippen molar-refractivity contribution in [3.05, 3.63) is 35.9 Å². The van der Waals surface area contributed by atoms with Crippen molar-refractivity contribution >= 4 is 17.5 Å². The van der Waals surface area contributed by atoms with Gasteiger partial charge in [0.05, 0.1) is 0 Å². The maximum Gasteiger partial charge on any atom is 0.422 e. The van der Waals surface area contributed by atoms with Crippen LogP contribution in [0, 0.1) is 6.92 Å². The van der Waals surface area contributed by atoms with Gasteiger partial charge in [0.2, 0.25) is 5.88 Å². The molecule has 13 heteroatoms. The van der Waals surface area contributed by atoms with E-state index >= 15 is 0 Å². The molecule has 1 aromatic heterocycles. The van der Waals surface area contributed by atoms with Gasteiger partial charge in [0.25, 0.3) is 0 Å². The Balaban J connectivity index is 2.20. The number of halogens is 6. The molecule has 0 atom stereocenters. The predicted octanol–water partition coefficient (Wildman–Crippen LogP) is 4.34. The van der Waals surface area contributed by atoms with Crippen molar-refractivity contribution < 1.29 is 40.6 Å². The third-order valence-electron chi connectivity index (χ3n) is 3.39. The number of hydrogen-bond donors (Lipinski definition) is 1. The molecule has 2 rings (SSSR count). The highest BCUT2D eigenvalue weighted by Gasteiger charge is 2.30. The van der Waals surface area contributed by atoms with Gasteiger partial charge >= 0.3 is 24.4 Å². The number of carbonyl (C=O) groups excluding carboxylic acids is 1. The van der Waals surface area contributed by atoms with E-state index < -0.39 is 49.3 Å². The summed E-state index contributed by atoms with van der Waals surface area (Å²) in [4.78, 5) is 20.4. The molecule has 164 valence electrons. The molecule has 7 nitrogen and oxygen atoms in total. The first kappa shape index (κ1) is 23.0. The van der Waals surface area contributed by atoms with Crippen LogP contribution in [0.15, 0.2) is 30.3 Å². The summed E-state index contributed by atoms with van der Waals surface area (Å²) in [6.45, 7) is -1.69. The van der Waals surface area contributed by atoms with E-state index in [9.17, 15) is 31.1 Å². The maximum atomic E-state index is 12.4. The number of nitrogens with zero attached hydrogens (tertiary/aromatic N) is 3. The molecule has 30 heavy (non-hydrogen) atoms. The Morgan fingerprint density at radius 2 is 1.57 bits per heavy atom. The number of aromatic nitrogens is 2. The van der Waals surface area contributed by atoms with Crippen LogP contribution in [0.2, 0.25) is 0 Å². The van der Waals surface area contributed by atoms with Crippen molar-refractivity contribution in [2.75, 3.05) is 30.5 Å². The first-order valence-electron chi connectivity index (χ1n) is 8.22. The number of hydrogen-bond acceptors (Lipinski definition) is 5. The lowest BCUT2D eigenvalue weighted by atomic mass is 10.2. The number of ether oxygens (including phenoxy) is 2. The molecule has 1 N–H and O–H groups in total. The SMILES string of the molecule is Cc1ccc(N(C)C(=O)Nc2cc(OCC(F)(F)F)nc(OCC(F)(F)F)n2)cc1. The van der Waals surface area contributed by atoms with Crippen LogP contribution < -0.4 is 19.7 Å². The first-order chi connectivity index (χ1) is 13.8. The van der Waals surface area contributed by atoms with E-state index in [0.717, 1.165) is 16.5 Å². The fourth-order valence-corrected chi connectivity index (χ4v) is 1.99. The second-order valence-electron chi connectivity index (χ2n) is 6.01. The van der Waals surface area contributed by atoms with E-state index in [1.165, 1.54) is 7.05 Å². The molecule has 0 saturated carbocycles. The summed E-state index contributed by atoms with van der Waals surface area (Å²) in [5, 5.41) is 2.24. The minimum atomic E-state index is -4.73. The van der Waals surface area contributed by atoms with Crippen LogP contribution in [0.1, 0.15) is 5.56 Å². The van der Waals surface area contributed by atoms with Gasteiger partial charge in [-0.1, -0.05) is 17.7 Å². The Morgan fingerprint density at radius 1 is 1.00 bits per heavy atom. The molecular formula is C17H16F6N4O3. The second kappa shape index (κ2) is 9.05. The van der Waals surface area contributed by atoms with E-state index in [1.807, 2.05) is 6.92 Å². The molecule has 0 bridgehead atoms. The highest BCUT2D eigenvalue weighted by atomic mass is 19.4. The van der Waals surface area contributed by atoms with Crippen LogP contribution in [0.25, 0.3) is 0 Å². The normalized spacial score (nSPS) is 11.7. The topological polar surface area (TPSA) is 76.6 Å². The molecule has 0 saturated heterocycles. The van der Waals surface area contributed by atoms with Crippen molar-refractivity contribution in [3.8, 4) is 11.9 Å². The number of urea groups is 1. The lowest BCUT2D eigenvalue weighted by molar-refractivity contribution is -0.155. The minimum absolute atomic E-state index is 0.414. The zero-order chi connectivity index (χ0) is 22.5. The number of rotatable bonds is 6. The van der Waals surface area contributed by atoms with Gasteiger partial charge in [-0.25, -0.2) is 4.79 Å². The van der Waals surface area contributed by atoms with Crippen molar-refractivity contribution in [1.29, 1.82) is 0 Å². The molecule has 1 heterocycles. The number of benzene rings is 1. The zero-order valence-electron chi connectivity index (χ0n) is 15.6. The summed E-state index contributed by atoms with van der Waals surface area (Å²) in [5.74, 6) is -1.14. The number of nitrogens with one attached hydrogen (secondary N) is 1. The predicted molar refractivity (Wildman–Crippen MR) is 93.7 cm³/mol. The van der Waals surface area contributed by atoms with Gasteiger partial charge < -0.3 is 9.47 Å². The van der Waals surface area contributed by atoms with E-state index in [0.29, 0.717) is 5.69 Å². The van der Waals surface area contributed by atoms with E-state index in [-0.39, 0.29) is 0 Å². The zero-order valence-corrected chi connectivity index (χ0v) is 15.6. The summed E-state index contributed by atoms with van der Waals surface area (Å²) in [6, 6.07) is 5.93. The van der Waals surface area contributed by atoms with Gasteiger partial charge in [-0.05, 0) is 19.1 Å². The fourth-order valence-electron chi connectivity index (χ4n) is 1.99. The minimum Gasteiger partial charge on any atom is -0.468 e. The van der Waals surface area contributed by atoms with Crippen LogP contribution in [-0.2, 0) is 0 Å². The number of anilines is 2. The monoisotopic (exact) mass is 438 g/mol. The number of aryl methyl sites for hydroxylation is 1. The molecule has 0 radical (unpaired) electrons. The van der Waals surface area contributed by atoms with Gasteiger partial charge in [-0.15, -0.1) is 0 Å². The molecule has 2 aromatic rings. The summed E-state index contributed by atoms with van der Waals surface area (Å²) in [7, 11) is 1.41. The highest BCUT2D eigenvalue weighted by molar-refractivity contribution is 6.00.